The first-order chi connectivity index (χ1) is 7.63. The third kappa shape index (κ3) is 4.03. The molecule has 0 fully saturated rings. The molecule has 0 heterocycles. The molecular weight excluding hydrogens is 200 g/mol. The van der Waals surface area contributed by atoms with E-state index in [1.54, 1.807) is 0 Å². The van der Waals surface area contributed by atoms with Gasteiger partial charge in [-0.1, -0.05) is 37.3 Å². The lowest BCUT2D eigenvalue weighted by molar-refractivity contribution is -0.120. The third-order valence-electron chi connectivity index (χ3n) is 2.62. The Morgan fingerprint density at radius 2 is 2.00 bits per heavy atom. The van der Waals surface area contributed by atoms with Gasteiger partial charge in [-0.05, 0) is 25.3 Å². The van der Waals surface area contributed by atoms with Crippen molar-refractivity contribution < 1.29 is 4.79 Å². The Balaban J connectivity index is 2.47. The molecule has 0 spiro atoms. The van der Waals surface area contributed by atoms with E-state index in [1.165, 1.54) is 5.56 Å². The van der Waals surface area contributed by atoms with Crippen LogP contribution in [0.25, 0.3) is 0 Å². The van der Waals surface area contributed by atoms with Crippen LogP contribution in [0, 0.1) is 0 Å². The van der Waals surface area contributed by atoms with Crippen molar-refractivity contribution in [1.29, 1.82) is 0 Å². The summed E-state index contributed by atoms with van der Waals surface area (Å²) in [5, 5.41) is 3.24. The highest BCUT2D eigenvalue weighted by atomic mass is 16.1. The zero-order valence-electron chi connectivity index (χ0n) is 9.94. The number of hydrogen-bond donors (Lipinski definition) is 2. The normalized spacial score (nSPS) is 14.4. The Labute approximate surface area is 97.0 Å². The molecule has 0 radical (unpaired) electrons. The van der Waals surface area contributed by atoms with Crippen LogP contribution in [0.5, 0.6) is 0 Å². The number of primary amides is 1. The first-order valence-corrected chi connectivity index (χ1v) is 5.72. The van der Waals surface area contributed by atoms with Gasteiger partial charge < -0.3 is 11.1 Å². The summed E-state index contributed by atoms with van der Waals surface area (Å²) in [6, 6.07) is 10.2. The van der Waals surface area contributed by atoms with Crippen LogP contribution in [0.15, 0.2) is 30.3 Å². The van der Waals surface area contributed by atoms with Crippen LogP contribution in [0.4, 0.5) is 0 Å². The Hall–Kier alpha value is -1.35. The lowest BCUT2D eigenvalue weighted by Gasteiger charge is -2.19. The summed E-state index contributed by atoms with van der Waals surface area (Å²) in [7, 11) is 0. The van der Waals surface area contributed by atoms with Crippen LogP contribution in [0.3, 0.4) is 0 Å². The van der Waals surface area contributed by atoms with Crippen molar-refractivity contribution >= 4 is 5.91 Å². The van der Waals surface area contributed by atoms with Gasteiger partial charge >= 0.3 is 0 Å². The van der Waals surface area contributed by atoms with Gasteiger partial charge in [0.05, 0.1) is 6.04 Å². The molecule has 1 aromatic carbocycles. The number of benzene rings is 1. The second-order valence-electron chi connectivity index (χ2n) is 4.12. The van der Waals surface area contributed by atoms with Gasteiger partial charge in [0.1, 0.15) is 0 Å². The van der Waals surface area contributed by atoms with E-state index >= 15 is 0 Å². The van der Waals surface area contributed by atoms with Crippen LogP contribution in [-0.2, 0) is 11.2 Å². The Kier molecular flexibility index (Phi) is 4.99. The fourth-order valence-electron chi connectivity index (χ4n) is 1.77. The smallest absolute Gasteiger partial charge is 0.234 e. The molecule has 0 saturated carbocycles. The molecule has 0 aliphatic carbocycles. The van der Waals surface area contributed by atoms with E-state index in [0.29, 0.717) is 0 Å². The Bertz CT molecular complexity index is 324. The van der Waals surface area contributed by atoms with Crippen LogP contribution in [0.2, 0.25) is 0 Å². The summed E-state index contributed by atoms with van der Waals surface area (Å²) in [6.07, 6.45) is 1.64. The maximum absolute atomic E-state index is 11.1. The van der Waals surface area contributed by atoms with Crippen molar-refractivity contribution in [2.75, 3.05) is 0 Å². The standard InChI is InChI=1S/C13H20N2O/c1-3-12(13(14)16)15-10(2)9-11-7-5-4-6-8-11/h4-8,10,12,15H,3,9H2,1-2H3,(H2,14,16). The third-order valence-corrected chi connectivity index (χ3v) is 2.62. The average molecular weight is 220 g/mol. The number of hydrogen-bond acceptors (Lipinski definition) is 2. The van der Waals surface area contributed by atoms with Crippen molar-refractivity contribution in [3.8, 4) is 0 Å². The molecule has 1 rings (SSSR count). The van der Waals surface area contributed by atoms with Gasteiger partial charge in [0, 0.05) is 6.04 Å². The maximum Gasteiger partial charge on any atom is 0.234 e. The number of nitrogens with two attached hydrogens (primary N) is 1. The van der Waals surface area contributed by atoms with Crippen molar-refractivity contribution in [2.24, 2.45) is 5.73 Å². The highest BCUT2D eigenvalue weighted by Gasteiger charge is 2.15. The molecule has 0 aromatic heterocycles. The summed E-state index contributed by atoms with van der Waals surface area (Å²) in [4.78, 5) is 11.1. The lowest BCUT2D eigenvalue weighted by atomic mass is 10.1. The van der Waals surface area contributed by atoms with Crippen molar-refractivity contribution in [2.45, 2.75) is 38.8 Å². The summed E-state index contributed by atoms with van der Waals surface area (Å²) in [6.45, 7) is 4.02. The molecule has 88 valence electrons. The number of rotatable bonds is 6. The predicted octanol–water partition coefficient (Wildman–Crippen LogP) is 1.47. The second-order valence-corrected chi connectivity index (χ2v) is 4.12. The Morgan fingerprint density at radius 3 is 2.50 bits per heavy atom. The lowest BCUT2D eigenvalue weighted by Crippen LogP contribution is -2.45. The summed E-state index contributed by atoms with van der Waals surface area (Å²) >= 11 is 0. The van der Waals surface area contributed by atoms with E-state index in [2.05, 4.69) is 24.4 Å². The van der Waals surface area contributed by atoms with Gasteiger partial charge in [0.25, 0.3) is 0 Å². The molecule has 3 heteroatoms. The van der Waals surface area contributed by atoms with Gasteiger partial charge in [0.2, 0.25) is 5.91 Å². The van der Waals surface area contributed by atoms with Crippen LogP contribution >= 0.6 is 0 Å². The molecule has 0 aliphatic rings. The quantitative estimate of drug-likeness (QED) is 0.762. The van der Waals surface area contributed by atoms with E-state index in [4.69, 9.17) is 5.73 Å². The summed E-state index contributed by atoms with van der Waals surface area (Å²) in [5.41, 5.74) is 6.55. The molecule has 0 saturated heterocycles. The zero-order chi connectivity index (χ0) is 12.0. The van der Waals surface area contributed by atoms with Crippen LogP contribution in [-0.4, -0.2) is 18.0 Å². The average Bonchev–Trinajstić information content (AvgIpc) is 2.27. The van der Waals surface area contributed by atoms with Crippen molar-refractivity contribution in [3.05, 3.63) is 35.9 Å². The van der Waals surface area contributed by atoms with E-state index < -0.39 is 0 Å². The van der Waals surface area contributed by atoms with E-state index in [9.17, 15) is 4.79 Å². The largest absolute Gasteiger partial charge is 0.368 e. The van der Waals surface area contributed by atoms with E-state index in [0.717, 1.165) is 12.8 Å². The van der Waals surface area contributed by atoms with Crippen molar-refractivity contribution in [3.63, 3.8) is 0 Å². The van der Waals surface area contributed by atoms with Gasteiger partial charge in [-0.25, -0.2) is 0 Å². The number of amides is 1. The first-order valence-electron chi connectivity index (χ1n) is 5.72. The molecule has 16 heavy (non-hydrogen) atoms. The van der Waals surface area contributed by atoms with Gasteiger partial charge in [0.15, 0.2) is 0 Å². The Morgan fingerprint density at radius 1 is 1.38 bits per heavy atom. The minimum atomic E-state index is -0.276. The molecule has 2 atom stereocenters. The number of carbonyl (C=O) groups excluding carboxylic acids is 1. The van der Waals surface area contributed by atoms with Gasteiger partial charge in [-0.3, -0.25) is 4.79 Å². The molecule has 0 bridgehead atoms. The molecule has 2 unspecified atom stereocenters. The van der Waals surface area contributed by atoms with Gasteiger partial charge in [-0.15, -0.1) is 0 Å². The topological polar surface area (TPSA) is 55.1 Å². The SMILES string of the molecule is CCC(NC(C)Cc1ccccc1)C(N)=O. The minimum Gasteiger partial charge on any atom is -0.368 e. The second kappa shape index (κ2) is 6.28. The number of carbonyl (C=O) groups is 1. The predicted molar refractivity (Wildman–Crippen MR) is 66.0 cm³/mol. The van der Waals surface area contributed by atoms with Gasteiger partial charge in [-0.2, -0.15) is 0 Å². The fraction of sp³-hybridized carbons (Fsp3) is 0.462. The zero-order valence-corrected chi connectivity index (χ0v) is 9.94. The minimum absolute atomic E-state index is 0.223. The van der Waals surface area contributed by atoms with Crippen LogP contribution in [0.1, 0.15) is 25.8 Å². The monoisotopic (exact) mass is 220 g/mol. The highest BCUT2D eigenvalue weighted by Crippen LogP contribution is 2.04. The highest BCUT2D eigenvalue weighted by molar-refractivity contribution is 5.79. The summed E-state index contributed by atoms with van der Waals surface area (Å²) < 4.78 is 0. The summed E-state index contributed by atoms with van der Waals surface area (Å²) in [5.74, 6) is -0.276. The molecular formula is C13H20N2O. The fourth-order valence-corrected chi connectivity index (χ4v) is 1.77. The van der Waals surface area contributed by atoms with E-state index in [1.807, 2.05) is 25.1 Å². The molecule has 3 nitrogen and oxygen atoms in total. The molecule has 1 amide bonds. The van der Waals surface area contributed by atoms with Crippen LogP contribution < -0.4 is 11.1 Å². The molecule has 3 N–H and O–H groups in total. The maximum atomic E-state index is 11.1. The van der Waals surface area contributed by atoms with Crippen molar-refractivity contribution in [1.82, 2.24) is 5.32 Å². The molecule has 1 aromatic rings. The van der Waals surface area contributed by atoms with E-state index in [-0.39, 0.29) is 18.0 Å². The number of nitrogens with one attached hydrogen (secondary N) is 1. The molecule has 0 aliphatic heterocycles. The first kappa shape index (κ1) is 12.7.